The maximum atomic E-state index is 5.16. The zero-order valence-electron chi connectivity index (χ0n) is 25.5. The molecule has 9 rings (SSSR count). The average molecular weight is 620 g/mol. The van der Waals surface area contributed by atoms with Crippen molar-refractivity contribution in [2.24, 2.45) is 0 Å². The zero-order chi connectivity index (χ0) is 31.2. The van der Waals surface area contributed by atoms with Crippen LogP contribution in [0.2, 0.25) is 0 Å². The van der Waals surface area contributed by atoms with Crippen molar-refractivity contribution >= 4 is 17.8 Å². The van der Waals surface area contributed by atoms with Crippen molar-refractivity contribution in [1.82, 2.24) is 15.0 Å². The summed E-state index contributed by atoms with van der Waals surface area (Å²) in [5, 5.41) is 0.375. The number of hydrogen-bond donors (Lipinski definition) is 0. The van der Waals surface area contributed by atoms with E-state index in [1.54, 1.807) is 0 Å². The first kappa shape index (κ1) is 27.7. The highest BCUT2D eigenvalue weighted by molar-refractivity contribution is 8.00. The van der Waals surface area contributed by atoms with Gasteiger partial charge in [0.05, 0.1) is 0 Å². The smallest absolute Gasteiger partial charge is 0.164 e. The van der Waals surface area contributed by atoms with Crippen LogP contribution in [0.15, 0.2) is 163 Å². The lowest BCUT2D eigenvalue weighted by atomic mass is 9.79. The molecule has 4 heteroatoms. The SMILES string of the molecule is C1=CC2Sc3cccc(-c4ccccc4-c4nc(-c5ccccc5)nc(-c5ccc(-c6ccccc6)cc5)n4)c3C2c2ccccc21. The van der Waals surface area contributed by atoms with E-state index in [1.165, 1.54) is 32.7 Å². The van der Waals surface area contributed by atoms with Crippen LogP contribution in [0, 0.1) is 0 Å². The molecule has 6 aromatic carbocycles. The van der Waals surface area contributed by atoms with Crippen LogP contribution in [0.3, 0.4) is 0 Å². The third kappa shape index (κ3) is 4.98. The topological polar surface area (TPSA) is 38.7 Å². The summed E-state index contributed by atoms with van der Waals surface area (Å²) in [7, 11) is 0. The molecule has 0 N–H and O–H groups in total. The van der Waals surface area contributed by atoms with E-state index in [2.05, 4.69) is 140 Å². The van der Waals surface area contributed by atoms with E-state index in [-0.39, 0.29) is 5.92 Å². The largest absolute Gasteiger partial charge is 0.208 e. The lowest BCUT2D eigenvalue weighted by Crippen LogP contribution is -2.14. The van der Waals surface area contributed by atoms with Gasteiger partial charge in [-0.3, -0.25) is 0 Å². The van der Waals surface area contributed by atoms with Gasteiger partial charge in [0.25, 0.3) is 0 Å². The van der Waals surface area contributed by atoms with Crippen molar-refractivity contribution in [3.05, 3.63) is 174 Å². The quantitative estimate of drug-likeness (QED) is 0.192. The minimum atomic E-state index is 0.289. The maximum absolute atomic E-state index is 5.16. The highest BCUT2D eigenvalue weighted by Gasteiger charge is 2.38. The van der Waals surface area contributed by atoms with Crippen LogP contribution in [0.5, 0.6) is 0 Å². The highest BCUT2D eigenvalue weighted by atomic mass is 32.2. The number of hydrogen-bond acceptors (Lipinski definition) is 4. The monoisotopic (exact) mass is 619 g/mol. The van der Waals surface area contributed by atoms with Crippen molar-refractivity contribution < 1.29 is 0 Å². The number of benzene rings is 6. The van der Waals surface area contributed by atoms with Gasteiger partial charge in [-0.15, -0.1) is 11.8 Å². The highest BCUT2D eigenvalue weighted by Crippen LogP contribution is 2.55. The van der Waals surface area contributed by atoms with Crippen molar-refractivity contribution in [1.29, 1.82) is 0 Å². The molecule has 2 heterocycles. The molecule has 0 fully saturated rings. The second kappa shape index (κ2) is 11.7. The van der Waals surface area contributed by atoms with Crippen LogP contribution in [-0.2, 0) is 0 Å². The number of nitrogens with zero attached hydrogens (tertiary/aromatic N) is 3. The Kier molecular flexibility index (Phi) is 6.87. The molecule has 0 saturated carbocycles. The van der Waals surface area contributed by atoms with Crippen LogP contribution >= 0.6 is 11.8 Å². The summed E-state index contributed by atoms with van der Waals surface area (Å²) >= 11 is 1.97. The van der Waals surface area contributed by atoms with Gasteiger partial charge in [0.1, 0.15) is 0 Å². The van der Waals surface area contributed by atoms with Crippen molar-refractivity contribution in [3.8, 4) is 56.4 Å². The Morgan fingerprint density at radius 2 is 0.979 bits per heavy atom. The molecule has 7 aromatic rings. The van der Waals surface area contributed by atoms with E-state index >= 15 is 0 Å². The minimum absolute atomic E-state index is 0.289. The van der Waals surface area contributed by atoms with E-state index in [1.807, 2.05) is 36.0 Å². The minimum Gasteiger partial charge on any atom is -0.208 e. The molecule has 2 aliphatic rings. The summed E-state index contributed by atoms with van der Waals surface area (Å²) in [5.74, 6) is 2.27. The van der Waals surface area contributed by atoms with E-state index in [9.17, 15) is 0 Å². The molecule has 0 spiro atoms. The molecule has 47 heavy (non-hydrogen) atoms. The summed E-state index contributed by atoms with van der Waals surface area (Å²) in [6, 6.07) is 53.2. The summed E-state index contributed by atoms with van der Waals surface area (Å²) < 4.78 is 0. The van der Waals surface area contributed by atoms with Gasteiger partial charge in [0, 0.05) is 32.8 Å². The molecule has 2 atom stereocenters. The molecule has 1 aromatic heterocycles. The Balaban J connectivity index is 1.20. The standard InChI is InChI=1S/C43H29N3S/c1-3-12-28(13-4-1)29-22-24-32(25-23-29)42-44-41(31-15-5-2-6-16-31)45-43(46-42)36-19-10-9-18-34(36)35-20-11-21-37-40(35)39-33-17-8-7-14-30(33)26-27-38(39)47-37/h1-27,38-39H. The van der Waals surface area contributed by atoms with Crippen molar-refractivity contribution in [3.63, 3.8) is 0 Å². The Morgan fingerprint density at radius 1 is 0.426 bits per heavy atom. The molecule has 2 unspecified atom stereocenters. The van der Waals surface area contributed by atoms with E-state index in [0.29, 0.717) is 22.7 Å². The Morgan fingerprint density at radius 3 is 1.74 bits per heavy atom. The van der Waals surface area contributed by atoms with Gasteiger partial charge in [0.2, 0.25) is 0 Å². The fraction of sp³-hybridized carbons (Fsp3) is 0.0465. The number of rotatable bonds is 5. The van der Waals surface area contributed by atoms with E-state index in [0.717, 1.165) is 27.8 Å². The molecule has 3 nitrogen and oxygen atoms in total. The van der Waals surface area contributed by atoms with Gasteiger partial charge in [-0.1, -0.05) is 158 Å². The van der Waals surface area contributed by atoms with Crippen LogP contribution in [0.1, 0.15) is 22.6 Å². The fourth-order valence-electron chi connectivity index (χ4n) is 6.91. The number of thioether (sulfide) groups is 1. The molecule has 222 valence electrons. The number of aromatic nitrogens is 3. The molecule has 0 saturated heterocycles. The van der Waals surface area contributed by atoms with Crippen LogP contribution < -0.4 is 0 Å². The predicted molar refractivity (Wildman–Crippen MR) is 194 cm³/mol. The van der Waals surface area contributed by atoms with E-state index < -0.39 is 0 Å². The van der Waals surface area contributed by atoms with Crippen LogP contribution in [-0.4, -0.2) is 20.2 Å². The summed E-state index contributed by atoms with van der Waals surface area (Å²) in [4.78, 5) is 16.6. The maximum Gasteiger partial charge on any atom is 0.164 e. The second-order valence-electron chi connectivity index (χ2n) is 11.9. The fourth-order valence-corrected chi connectivity index (χ4v) is 8.30. The first-order valence-electron chi connectivity index (χ1n) is 15.9. The first-order valence-corrected chi connectivity index (χ1v) is 16.8. The average Bonchev–Trinajstić information content (AvgIpc) is 3.55. The van der Waals surface area contributed by atoms with Crippen molar-refractivity contribution in [2.75, 3.05) is 0 Å². The van der Waals surface area contributed by atoms with Gasteiger partial charge in [-0.2, -0.15) is 0 Å². The first-order chi connectivity index (χ1) is 23.3. The van der Waals surface area contributed by atoms with E-state index in [4.69, 9.17) is 15.0 Å². The molecule has 0 amide bonds. The molecule has 1 aliphatic heterocycles. The Bertz CT molecular complexity index is 2280. The normalized spacial score (nSPS) is 15.9. The zero-order valence-corrected chi connectivity index (χ0v) is 26.3. The van der Waals surface area contributed by atoms with Crippen molar-refractivity contribution in [2.45, 2.75) is 16.1 Å². The summed E-state index contributed by atoms with van der Waals surface area (Å²) in [6.45, 7) is 0. The molecular weight excluding hydrogens is 591 g/mol. The Hall–Kier alpha value is -5.58. The lowest BCUT2D eigenvalue weighted by Gasteiger charge is -2.25. The van der Waals surface area contributed by atoms with Gasteiger partial charge in [-0.05, 0) is 45.0 Å². The third-order valence-electron chi connectivity index (χ3n) is 9.14. The lowest BCUT2D eigenvalue weighted by molar-refractivity contribution is 0.846. The van der Waals surface area contributed by atoms with Gasteiger partial charge < -0.3 is 0 Å². The second-order valence-corrected chi connectivity index (χ2v) is 13.1. The van der Waals surface area contributed by atoms with Crippen LogP contribution in [0.25, 0.3) is 62.5 Å². The third-order valence-corrected chi connectivity index (χ3v) is 10.5. The molecule has 1 aliphatic carbocycles. The molecular formula is C43H29N3S. The summed E-state index contributed by atoms with van der Waals surface area (Å²) in [5.41, 5.74) is 11.7. The summed E-state index contributed by atoms with van der Waals surface area (Å²) in [6.07, 6.45) is 4.66. The van der Waals surface area contributed by atoms with Crippen LogP contribution in [0.4, 0.5) is 0 Å². The number of fused-ring (bicyclic) bond motifs is 5. The van der Waals surface area contributed by atoms with Gasteiger partial charge >= 0.3 is 0 Å². The molecule has 0 radical (unpaired) electrons. The molecule has 0 bridgehead atoms. The predicted octanol–water partition coefficient (Wildman–Crippen LogP) is 10.8. The Labute approximate surface area is 278 Å². The van der Waals surface area contributed by atoms with Gasteiger partial charge in [0.15, 0.2) is 17.5 Å². The van der Waals surface area contributed by atoms with Gasteiger partial charge in [-0.25, -0.2) is 15.0 Å².